The predicted octanol–water partition coefficient (Wildman–Crippen LogP) is 0.682. The zero-order valence-electron chi connectivity index (χ0n) is 5.89. The average Bonchev–Trinajstić information content (AvgIpc) is 1.87. The van der Waals surface area contributed by atoms with Crippen LogP contribution in [0.4, 0.5) is 4.39 Å². The van der Waals surface area contributed by atoms with E-state index in [0.717, 1.165) is 0 Å². The standard InChI is InChI=1S/C6H9FO3/c1-4(6(7)9)3-5(8)10-2/h4H,3H2,1-2H3. The molecule has 0 aliphatic carbocycles. The SMILES string of the molecule is COC(=O)CC(C)C(=O)F. The fourth-order valence-corrected chi connectivity index (χ4v) is 0.414. The van der Waals surface area contributed by atoms with Gasteiger partial charge in [-0.3, -0.25) is 9.59 Å². The summed E-state index contributed by atoms with van der Waals surface area (Å²) in [7, 11) is 1.19. The molecule has 0 aromatic heterocycles. The summed E-state index contributed by atoms with van der Waals surface area (Å²) in [6, 6.07) is -1.48. The van der Waals surface area contributed by atoms with E-state index in [-0.39, 0.29) is 6.42 Å². The van der Waals surface area contributed by atoms with Crippen molar-refractivity contribution in [2.75, 3.05) is 7.11 Å². The van der Waals surface area contributed by atoms with Crippen LogP contribution in [0, 0.1) is 5.92 Å². The highest BCUT2D eigenvalue weighted by molar-refractivity contribution is 5.78. The molecule has 58 valence electrons. The maximum absolute atomic E-state index is 11.7. The smallest absolute Gasteiger partial charge is 0.306 e. The van der Waals surface area contributed by atoms with Gasteiger partial charge in [-0.2, -0.15) is 4.39 Å². The lowest BCUT2D eigenvalue weighted by Gasteiger charge is -2.01. The molecule has 0 saturated heterocycles. The van der Waals surface area contributed by atoms with Gasteiger partial charge in [0.15, 0.2) is 0 Å². The van der Waals surface area contributed by atoms with E-state index in [0.29, 0.717) is 0 Å². The van der Waals surface area contributed by atoms with Gasteiger partial charge in [0.25, 0.3) is 0 Å². The van der Waals surface area contributed by atoms with E-state index in [2.05, 4.69) is 4.74 Å². The van der Waals surface area contributed by atoms with Crippen molar-refractivity contribution in [3.05, 3.63) is 0 Å². The zero-order valence-corrected chi connectivity index (χ0v) is 5.89. The fourth-order valence-electron chi connectivity index (χ4n) is 0.414. The number of ether oxygens (including phenoxy) is 1. The molecular weight excluding hydrogens is 139 g/mol. The largest absolute Gasteiger partial charge is 0.469 e. The van der Waals surface area contributed by atoms with E-state index in [4.69, 9.17) is 0 Å². The van der Waals surface area contributed by atoms with Gasteiger partial charge in [0.1, 0.15) is 0 Å². The molecule has 0 bridgehead atoms. The van der Waals surface area contributed by atoms with Gasteiger partial charge in [-0.15, -0.1) is 0 Å². The Labute approximate surface area is 58.2 Å². The fraction of sp³-hybridized carbons (Fsp3) is 0.667. The minimum Gasteiger partial charge on any atom is -0.469 e. The second-order valence-corrected chi connectivity index (χ2v) is 1.99. The monoisotopic (exact) mass is 148 g/mol. The van der Waals surface area contributed by atoms with Gasteiger partial charge in [-0.25, -0.2) is 0 Å². The number of halogens is 1. The van der Waals surface area contributed by atoms with Crippen LogP contribution in [0.15, 0.2) is 0 Å². The summed E-state index contributed by atoms with van der Waals surface area (Å²) in [5.41, 5.74) is 0. The molecule has 0 fully saturated rings. The second kappa shape index (κ2) is 3.98. The molecule has 0 aliphatic heterocycles. The minimum absolute atomic E-state index is 0.189. The van der Waals surface area contributed by atoms with Crippen LogP contribution >= 0.6 is 0 Å². The second-order valence-electron chi connectivity index (χ2n) is 1.99. The summed E-state index contributed by atoms with van der Waals surface area (Å²) >= 11 is 0. The number of rotatable bonds is 3. The Morgan fingerprint density at radius 1 is 1.60 bits per heavy atom. The van der Waals surface area contributed by atoms with Gasteiger partial charge in [0.05, 0.1) is 19.4 Å². The minimum atomic E-state index is -1.48. The lowest BCUT2D eigenvalue weighted by atomic mass is 10.1. The Bertz CT molecular complexity index is 144. The van der Waals surface area contributed by atoms with Crippen LogP contribution in [0.1, 0.15) is 13.3 Å². The Morgan fingerprint density at radius 3 is 2.40 bits per heavy atom. The summed E-state index contributed by atoms with van der Waals surface area (Å²) in [5.74, 6) is -1.45. The van der Waals surface area contributed by atoms with Gasteiger partial charge in [0, 0.05) is 0 Å². The normalized spacial score (nSPS) is 12.3. The third-order valence-corrected chi connectivity index (χ3v) is 1.09. The van der Waals surface area contributed by atoms with Crippen LogP contribution in [0.3, 0.4) is 0 Å². The van der Waals surface area contributed by atoms with Crippen LogP contribution in [0.5, 0.6) is 0 Å². The van der Waals surface area contributed by atoms with Gasteiger partial charge in [0.2, 0.25) is 0 Å². The third-order valence-electron chi connectivity index (χ3n) is 1.09. The average molecular weight is 148 g/mol. The van der Waals surface area contributed by atoms with Crippen molar-refractivity contribution < 1.29 is 18.7 Å². The van der Waals surface area contributed by atoms with E-state index in [1.807, 2.05) is 0 Å². The van der Waals surface area contributed by atoms with Gasteiger partial charge in [-0.05, 0) is 0 Å². The molecule has 0 amide bonds. The van der Waals surface area contributed by atoms with Crippen molar-refractivity contribution >= 4 is 12.0 Å². The Kier molecular flexibility index (Phi) is 3.61. The number of esters is 1. The first-order valence-electron chi connectivity index (χ1n) is 2.84. The topological polar surface area (TPSA) is 43.4 Å². The molecule has 0 aromatic rings. The van der Waals surface area contributed by atoms with E-state index in [1.54, 1.807) is 0 Å². The van der Waals surface area contributed by atoms with Crippen LogP contribution in [-0.4, -0.2) is 19.1 Å². The molecule has 0 aliphatic rings. The van der Waals surface area contributed by atoms with E-state index >= 15 is 0 Å². The van der Waals surface area contributed by atoms with Crippen LogP contribution < -0.4 is 0 Å². The van der Waals surface area contributed by atoms with Crippen LogP contribution in [0.2, 0.25) is 0 Å². The molecule has 0 heterocycles. The molecule has 0 spiro atoms. The quantitative estimate of drug-likeness (QED) is 0.436. The summed E-state index contributed by atoms with van der Waals surface area (Å²) in [5, 5.41) is 0. The van der Waals surface area contributed by atoms with Crippen molar-refractivity contribution in [3.8, 4) is 0 Å². The number of methoxy groups -OCH3 is 1. The highest BCUT2D eigenvalue weighted by Crippen LogP contribution is 2.04. The third kappa shape index (κ3) is 3.17. The van der Waals surface area contributed by atoms with Crippen molar-refractivity contribution in [1.82, 2.24) is 0 Å². The Balaban J connectivity index is 3.68. The number of hydrogen-bond donors (Lipinski definition) is 0. The summed E-state index contributed by atoms with van der Waals surface area (Å²) in [6.45, 7) is 1.33. The van der Waals surface area contributed by atoms with Crippen LogP contribution in [0.25, 0.3) is 0 Å². The molecule has 0 saturated carbocycles. The van der Waals surface area contributed by atoms with E-state index in [1.165, 1.54) is 14.0 Å². The lowest BCUT2D eigenvalue weighted by molar-refractivity contribution is -0.145. The number of carbonyl (C=O) groups excluding carboxylic acids is 2. The molecule has 4 heteroatoms. The maximum atomic E-state index is 11.7. The number of carbonyl (C=O) groups is 2. The van der Waals surface area contributed by atoms with Crippen molar-refractivity contribution in [3.63, 3.8) is 0 Å². The summed E-state index contributed by atoms with van der Waals surface area (Å²) in [6.07, 6.45) is -0.189. The van der Waals surface area contributed by atoms with E-state index < -0.39 is 17.9 Å². The molecule has 1 atom stereocenters. The molecule has 0 N–H and O–H groups in total. The van der Waals surface area contributed by atoms with Gasteiger partial charge >= 0.3 is 12.0 Å². The molecule has 10 heavy (non-hydrogen) atoms. The zero-order chi connectivity index (χ0) is 8.15. The Morgan fingerprint density at radius 2 is 2.10 bits per heavy atom. The van der Waals surface area contributed by atoms with Crippen molar-refractivity contribution in [2.45, 2.75) is 13.3 Å². The Hall–Kier alpha value is -0.930. The van der Waals surface area contributed by atoms with Crippen molar-refractivity contribution in [2.24, 2.45) is 5.92 Å². The van der Waals surface area contributed by atoms with Gasteiger partial charge < -0.3 is 4.74 Å². The molecule has 0 aromatic carbocycles. The first-order chi connectivity index (χ1) is 4.57. The van der Waals surface area contributed by atoms with Gasteiger partial charge in [-0.1, -0.05) is 6.92 Å². The molecule has 0 radical (unpaired) electrons. The predicted molar refractivity (Wildman–Crippen MR) is 31.9 cm³/mol. The first-order valence-corrected chi connectivity index (χ1v) is 2.84. The first kappa shape index (κ1) is 9.07. The van der Waals surface area contributed by atoms with Crippen LogP contribution in [-0.2, 0) is 14.3 Å². The summed E-state index contributed by atoms with van der Waals surface area (Å²) < 4.78 is 16.0. The van der Waals surface area contributed by atoms with Crippen molar-refractivity contribution in [1.29, 1.82) is 0 Å². The maximum Gasteiger partial charge on any atom is 0.306 e. The lowest BCUT2D eigenvalue weighted by Crippen LogP contribution is -2.12. The summed E-state index contributed by atoms with van der Waals surface area (Å²) in [4.78, 5) is 20.3. The number of hydrogen-bond acceptors (Lipinski definition) is 3. The molecular formula is C6H9FO3. The molecule has 1 unspecified atom stereocenters. The highest BCUT2D eigenvalue weighted by Gasteiger charge is 2.15. The highest BCUT2D eigenvalue weighted by atomic mass is 19.1. The molecule has 3 nitrogen and oxygen atoms in total. The molecule has 0 rings (SSSR count). The van der Waals surface area contributed by atoms with E-state index in [9.17, 15) is 14.0 Å².